The number of halogens is 1. The van der Waals surface area contributed by atoms with Crippen LogP contribution < -0.4 is 10.6 Å². The highest BCUT2D eigenvalue weighted by Gasteiger charge is 2.22. The lowest BCUT2D eigenvalue weighted by molar-refractivity contribution is -0.121. The summed E-state index contributed by atoms with van der Waals surface area (Å²) in [7, 11) is 0. The molecule has 7 heteroatoms. The van der Waals surface area contributed by atoms with E-state index in [-0.39, 0.29) is 31.3 Å². The van der Waals surface area contributed by atoms with Gasteiger partial charge in [-0.1, -0.05) is 54.1 Å². The SMILES string of the molecule is CCO[C@H](CNC(=O)c1ccccc1Cl)[C@@H](O)CNC(=O)Cc1ccccc1. The standard InChI is InChI=1S/C21H25ClN2O4/c1-2-28-19(14-24-21(27)16-10-6-7-11-17(16)22)18(25)13-23-20(26)12-15-8-4-3-5-9-15/h3-11,18-19,25H,2,12-14H2,1H3,(H,23,26)(H,24,27)/t18-,19+/m0/s1. The molecule has 2 aromatic carbocycles. The molecule has 0 aliphatic heterocycles. The second-order valence-electron chi connectivity index (χ2n) is 6.22. The zero-order chi connectivity index (χ0) is 20.4. The Morgan fingerprint density at radius 1 is 1.04 bits per heavy atom. The van der Waals surface area contributed by atoms with Gasteiger partial charge in [0.25, 0.3) is 5.91 Å². The molecule has 0 heterocycles. The van der Waals surface area contributed by atoms with E-state index in [0.29, 0.717) is 17.2 Å². The fraction of sp³-hybridized carbons (Fsp3) is 0.333. The molecular weight excluding hydrogens is 380 g/mol. The zero-order valence-electron chi connectivity index (χ0n) is 15.7. The average Bonchev–Trinajstić information content (AvgIpc) is 2.70. The lowest BCUT2D eigenvalue weighted by Gasteiger charge is -2.23. The normalized spacial score (nSPS) is 12.8. The van der Waals surface area contributed by atoms with Gasteiger partial charge in [0.15, 0.2) is 0 Å². The Morgan fingerprint density at radius 2 is 1.71 bits per heavy atom. The largest absolute Gasteiger partial charge is 0.388 e. The van der Waals surface area contributed by atoms with Gasteiger partial charge in [-0.25, -0.2) is 0 Å². The molecule has 0 saturated heterocycles. The van der Waals surface area contributed by atoms with Crippen molar-refractivity contribution in [3.05, 3.63) is 70.7 Å². The average molecular weight is 405 g/mol. The van der Waals surface area contributed by atoms with Crippen LogP contribution >= 0.6 is 11.6 Å². The van der Waals surface area contributed by atoms with E-state index >= 15 is 0 Å². The molecular formula is C21H25ClN2O4. The van der Waals surface area contributed by atoms with Crippen LogP contribution in [-0.2, 0) is 16.0 Å². The van der Waals surface area contributed by atoms with Crippen molar-refractivity contribution in [1.82, 2.24) is 10.6 Å². The van der Waals surface area contributed by atoms with Crippen molar-refractivity contribution in [2.75, 3.05) is 19.7 Å². The first-order valence-corrected chi connectivity index (χ1v) is 9.52. The van der Waals surface area contributed by atoms with Gasteiger partial charge in [0.2, 0.25) is 5.91 Å². The molecule has 6 nitrogen and oxygen atoms in total. The lowest BCUT2D eigenvalue weighted by atomic mass is 10.1. The minimum absolute atomic E-state index is 0.0261. The van der Waals surface area contributed by atoms with Gasteiger partial charge < -0.3 is 20.5 Å². The molecule has 2 amide bonds. The highest BCUT2D eigenvalue weighted by Crippen LogP contribution is 2.14. The van der Waals surface area contributed by atoms with Gasteiger partial charge in [-0.3, -0.25) is 9.59 Å². The molecule has 2 rings (SSSR count). The summed E-state index contributed by atoms with van der Waals surface area (Å²) in [5.41, 5.74) is 1.24. The Balaban J connectivity index is 1.83. The number of ether oxygens (including phenoxy) is 1. The monoisotopic (exact) mass is 404 g/mol. The maximum Gasteiger partial charge on any atom is 0.252 e. The summed E-state index contributed by atoms with van der Waals surface area (Å²) in [6.45, 7) is 2.27. The van der Waals surface area contributed by atoms with Crippen LogP contribution in [0.5, 0.6) is 0 Å². The molecule has 0 radical (unpaired) electrons. The van der Waals surface area contributed by atoms with Crippen LogP contribution in [0.1, 0.15) is 22.8 Å². The molecule has 0 aliphatic carbocycles. The third-order valence-corrected chi connectivity index (χ3v) is 4.44. The van der Waals surface area contributed by atoms with Gasteiger partial charge in [0, 0.05) is 19.7 Å². The Labute approximate surface area is 169 Å². The number of aliphatic hydroxyl groups is 1. The summed E-state index contributed by atoms with van der Waals surface area (Å²) in [5, 5.41) is 16.1. The molecule has 0 aliphatic rings. The van der Waals surface area contributed by atoms with Crippen LogP contribution in [-0.4, -0.2) is 48.8 Å². The third-order valence-electron chi connectivity index (χ3n) is 4.11. The second kappa shape index (κ2) is 11.4. The second-order valence-corrected chi connectivity index (χ2v) is 6.62. The molecule has 2 atom stereocenters. The maximum atomic E-state index is 12.3. The Bertz CT molecular complexity index is 770. The molecule has 28 heavy (non-hydrogen) atoms. The first kappa shape index (κ1) is 21.9. The number of nitrogens with one attached hydrogen (secondary N) is 2. The molecule has 0 bridgehead atoms. The van der Waals surface area contributed by atoms with Crippen molar-refractivity contribution in [3.8, 4) is 0 Å². The first-order valence-electron chi connectivity index (χ1n) is 9.14. The summed E-state index contributed by atoms with van der Waals surface area (Å²) < 4.78 is 5.52. The number of carbonyl (C=O) groups is 2. The maximum absolute atomic E-state index is 12.3. The summed E-state index contributed by atoms with van der Waals surface area (Å²) in [6, 6.07) is 16.1. The smallest absolute Gasteiger partial charge is 0.252 e. The summed E-state index contributed by atoms with van der Waals surface area (Å²) in [4.78, 5) is 24.3. The molecule has 3 N–H and O–H groups in total. The predicted molar refractivity (Wildman–Crippen MR) is 108 cm³/mol. The van der Waals surface area contributed by atoms with Gasteiger partial charge in [-0.05, 0) is 24.6 Å². The third kappa shape index (κ3) is 6.96. The fourth-order valence-corrected chi connectivity index (χ4v) is 2.87. The molecule has 0 saturated carbocycles. The molecule has 2 aromatic rings. The van der Waals surface area contributed by atoms with Crippen molar-refractivity contribution < 1.29 is 19.4 Å². The molecule has 0 fully saturated rings. The lowest BCUT2D eigenvalue weighted by Crippen LogP contribution is -2.46. The van der Waals surface area contributed by atoms with Gasteiger partial charge >= 0.3 is 0 Å². The van der Waals surface area contributed by atoms with E-state index in [0.717, 1.165) is 5.56 Å². The van der Waals surface area contributed by atoms with Crippen LogP contribution in [0.25, 0.3) is 0 Å². The zero-order valence-corrected chi connectivity index (χ0v) is 16.5. The van der Waals surface area contributed by atoms with Crippen molar-refractivity contribution in [2.45, 2.75) is 25.6 Å². The van der Waals surface area contributed by atoms with Crippen LogP contribution in [0.2, 0.25) is 5.02 Å². The van der Waals surface area contributed by atoms with E-state index in [9.17, 15) is 14.7 Å². The molecule has 0 aromatic heterocycles. The summed E-state index contributed by atoms with van der Waals surface area (Å²) in [5.74, 6) is -0.545. The topological polar surface area (TPSA) is 87.7 Å². The Morgan fingerprint density at radius 3 is 2.39 bits per heavy atom. The van der Waals surface area contributed by atoms with Crippen LogP contribution in [0.3, 0.4) is 0 Å². The fourth-order valence-electron chi connectivity index (χ4n) is 2.65. The van der Waals surface area contributed by atoms with Crippen molar-refractivity contribution >= 4 is 23.4 Å². The first-order chi connectivity index (χ1) is 13.5. The number of carbonyl (C=O) groups excluding carboxylic acids is 2. The highest BCUT2D eigenvalue weighted by atomic mass is 35.5. The van der Waals surface area contributed by atoms with Gasteiger partial charge in [-0.2, -0.15) is 0 Å². The van der Waals surface area contributed by atoms with E-state index in [1.165, 1.54) is 0 Å². The van der Waals surface area contributed by atoms with Crippen LogP contribution in [0.15, 0.2) is 54.6 Å². The number of amides is 2. The van der Waals surface area contributed by atoms with E-state index in [1.54, 1.807) is 31.2 Å². The minimum atomic E-state index is -0.966. The quantitative estimate of drug-likeness (QED) is 0.566. The van der Waals surface area contributed by atoms with Gasteiger partial charge in [0.05, 0.1) is 23.1 Å². The number of hydrogen-bond acceptors (Lipinski definition) is 4. The molecule has 0 spiro atoms. The van der Waals surface area contributed by atoms with Gasteiger partial charge in [-0.15, -0.1) is 0 Å². The predicted octanol–water partition coefficient (Wildman–Crippen LogP) is 2.19. The Kier molecular flexibility index (Phi) is 8.94. The highest BCUT2D eigenvalue weighted by molar-refractivity contribution is 6.33. The number of hydrogen-bond donors (Lipinski definition) is 3. The number of aliphatic hydroxyl groups excluding tert-OH is 1. The molecule has 150 valence electrons. The van der Waals surface area contributed by atoms with E-state index in [4.69, 9.17) is 16.3 Å². The van der Waals surface area contributed by atoms with Crippen molar-refractivity contribution in [2.24, 2.45) is 0 Å². The van der Waals surface area contributed by atoms with Crippen molar-refractivity contribution in [1.29, 1.82) is 0 Å². The summed E-state index contributed by atoms with van der Waals surface area (Å²) in [6.07, 6.45) is -1.39. The van der Waals surface area contributed by atoms with Crippen molar-refractivity contribution in [3.63, 3.8) is 0 Å². The summed E-state index contributed by atoms with van der Waals surface area (Å²) >= 11 is 6.02. The minimum Gasteiger partial charge on any atom is -0.388 e. The van der Waals surface area contributed by atoms with E-state index < -0.39 is 12.2 Å². The van der Waals surface area contributed by atoms with E-state index in [2.05, 4.69) is 10.6 Å². The van der Waals surface area contributed by atoms with Crippen LogP contribution in [0, 0.1) is 0 Å². The molecule has 0 unspecified atom stereocenters. The number of benzene rings is 2. The Hall–Kier alpha value is -2.41. The van der Waals surface area contributed by atoms with Gasteiger partial charge in [0.1, 0.15) is 6.10 Å². The van der Waals surface area contributed by atoms with Crippen LogP contribution in [0.4, 0.5) is 0 Å². The van der Waals surface area contributed by atoms with E-state index in [1.807, 2.05) is 30.3 Å². The number of rotatable bonds is 10.